The minimum absolute atomic E-state index is 0.407. The van der Waals surface area contributed by atoms with Gasteiger partial charge in [0.05, 0.1) is 6.61 Å². The van der Waals surface area contributed by atoms with Gasteiger partial charge in [0.25, 0.3) is 5.91 Å². The van der Waals surface area contributed by atoms with Gasteiger partial charge in [-0.1, -0.05) is 49.4 Å². The van der Waals surface area contributed by atoms with Gasteiger partial charge in [0.15, 0.2) is 0 Å². The van der Waals surface area contributed by atoms with Gasteiger partial charge in [-0.3, -0.25) is 9.59 Å². The van der Waals surface area contributed by atoms with Gasteiger partial charge in [0, 0.05) is 11.2 Å². The number of aliphatic hydroxyl groups excluding tert-OH is 1. The highest BCUT2D eigenvalue weighted by atomic mass is 16.6. The number of aryl methyl sites for hydroxylation is 2. The van der Waals surface area contributed by atoms with E-state index in [2.05, 4.69) is 10.6 Å². The van der Waals surface area contributed by atoms with Crippen LogP contribution in [0.15, 0.2) is 48.5 Å². The van der Waals surface area contributed by atoms with Crippen molar-refractivity contribution in [3.05, 3.63) is 65.2 Å². The average Bonchev–Trinajstić information content (AvgIpc) is 2.80. The number of hydrogen-bond donors (Lipinski definition) is 3. The number of para-hydroxylation sites is 1. The maximum Gasteiger partial charge on any atom is 0.408 e. The van der Waals surface area contributed by atoms with Crippen LogP contribution < -0.4 is 10.6 Å². The van der Waals surface area contributed by atoms with E-state index in [4.69, 9.17) is 4.74 Å². The number of anilines is 1. The number of hydrogen-bond acceptors (Lipinski definition) is 5. The number of carbonyl (C=O) groups is 3. The third-order valence-electron chi connectivity index (χ3n) is 5.74. The van der Waals surface area contributed by atoms with Crippen molar-refractivity contribution in [3.63, 3.8) is 0 Å². The Morgan fingerprint density at radius 1 is 0.973 bits per heavy atom. The van der Waals surface area contributed by atoms with Crippen LogP contribution in [0, 0.1) is 6.92 Å². The summed E-state index contributed by atoms with van der Waals surface area (Å²) in [4.78, 5) is 41.6. The quantitative estimate of drug-likeness (QED) is 0.474. The highest BCUT2D eigenvalue weighted by molar-refractivity contribution is 5.99. The van der Waals surface area contributed by atoms with E-state index < -0.39 is 47.7 Å². The Bertz CT molecular complexity index is 1080. The summed E-state index contributed by atoms with van der Waals surface area (Å²) in [6.45, 7) is 13.8. The Labute approximate surface area is 220 Å². The highest BCUT2D eigenvalue weighted by Crippen LogP contribution is 2.31. The molecule has 0 radical (unpaired) electrons. The van der Waals surface area contributed by atoms with Crippen LogP contribution in [0.25, 0.3) is 0 Å². The van der Waals surface area contributed by atoms with E-state index in [0.717, 1.165) is 17.5 Å². The molecule has 8 nitrogen and oxygen atoms in total. The van der Waals surface area contributed by atoms with E-state index in [9.17, 15) is 19.5 Å². The molecular weight excluding hydrogens is 470 g/mol. The summed E-state index contributed by atoms with van der Waals surface area (Å²) in [7, 11) is 0. The third-order valence-corrected chi connectivity index (χ3v) is 5.74. The van der Waals surface area contributed by atoms with Crippen molar-refractivity contribution in [3.8, 4) is 0 Å². The molecule has 0 bridgehead atoms. The van der Waals surface area contributed by atoms with Crippen molar-refractivity contribution in [2.24, 2.45) is 0 Å². The van der Waals surface area contributed by atoms with Crippen molar-refractivity contribution in [2.45, 2.75) is 85.0 Å². The molecule has 0 heterocycles. The van der Waals surface area contributed by atoms with Gasteiger partial charge in [-0.2, -0.15) is 0 Å². The molecule has 0 saturated carbocycles. The van der Waals surface area contributed by atoms with Crippen molar-refractivity contribution >= 4 is 23.6 Å². The van der Waals surface area contributed by atoms with Gasteiger partial charge in [0.1, 0.15) is 17.7 Å². The lowest BCUT2D eigenvalue weighted by Gasteiger charge is -2.42. The summed E-state index contributed by atoms with van der Waals surface area (Å²) in [6.07, 6.45) is -0.00347. The minimum atomic E-state index is -1.31. The standard InChI is InChI=1S/C29H41N3O5/c1-9-20-14-16-21(17-15-20)24(25(34)30-22-13-11-10-12-19(22)2)32(28(3,4)5)26(35)23(18-33)31-27(36)37-29(6,7)8/h10-17,23-24,33H,9,18H2,1-8H3,(H,30,34)(H,31,36). The fourth-order valence-corrected chi connectivity index (χ4v) is 3.92. The highest BCUT2D eigenvalue weighted by Gasteiger charge is 2.42. The third kappa shape index (κ3) is 8.32. The topological polar surface area (TPSA) is 108 Å². The summed E-state index contributed by atoms with van der Waals surface area (Å²) in [5.74, 6) is -1.01. The van der Waals surface area contributed by atoms with Crippen LogP contribution in [0.1, 0.15) is 71.2 Å². The van der Waals surface area contributed by atoms with E-state index in [-0.39, 0.29) is 0 Å². The molecule has 2 aromatic rings. The predicted octanol–water partition coefficient (Wildman–Crippen LogP) is 4.75. The molecule has 202 valence electrons. The number of aliphatic hydroxyl groups is 1. The van der Waals surface area contributed by atoms with E-state index in [1.165, 1.54) is 4.90 Å². The summed E-state index contributed by atoms with van der Waals surface area (Å²) in [5.41, 5.74) is 1.58. The molecule has 0 aliphatic carbocycles. The number of ether oxygens (including phenoxy) is 1. The lowest BCUT2D eigenvalue weighted by molar-refractivity contribution is -0.147. The maximum absolute atomic E-state index is 13.9. The van der Waals surface area contributed by atoms with Gasteiger partial charge < -0.3 is 25.4 Å². The van der Waals surface area contributed by atoms with Gasteiger partial charge in [-0.25, -0.2) is 4.79 Å². The number of rotatable bonds is 8. The average molecular weight is 512 g/mol. The van der Waals surface area contributed by atoms with Crippen molar-refractivity contribution in [2.75, 3.05) is 11.9 Å². The van der Waals surface area contributed by atoms with Gasteiger partial charge in [0.2, 0.25) is 5.91 Å². The Balaban J connectivity index is 2.54. The Hall–Kier alpha value is -3.39. The fraction of sp³-hybridized carbons (Fsp3) is 0.483. The molecule has 2 aromatic carbocycles. The molecule has 2 unspecified atom stereocenters. The van der Waals surface area contributed by atoms with Crippen LogP contribution >= 0.6 is 0 Å². The van der Waals surface area contributed by atoms with Crippen molar-refractivity contribution in [1.29, 1.82) is 0 Å². The summed E-state index contributed by atoms with van der Waals surface area (Å²) in [5, 5.41) is 15.5. The number of nitrogens with one attached hydrogen (secondary N) is 2. The van der Waals surface area contributed by atoms with Crippen molar-refractivity contribution < 1.29 is 24.2 Å². The smallest absolute Gasteiger partial charge is 0.408 e. The van der Waals surface area contributed by atoms with E-state index in [0.29, 0.717) is 11.3 Å². The van der Waals surface area contributed by atoms with Crippen LogP contribution in [0.5, 0.6) is 0 Å². The molecule has 0 aromatic heterocycles. The second-order valence-corrected chi connectivity index (χ2v) is 11.1. The normalized spacial score (nSPS) is 13.3. The van der Waals surface area contributed by atoms with E-state index in [1.54, 1.807) is 47.6 Å². The molecule has 0 aliphatic rings. The lowest BCUT2D eigenvalue weighted by atomic mass is 9.94. The summed E-state index contributed by atoms with van der Waals surface area (Å²) >= 11 is 0. The van der Waals surface area contributed by atoms with Crippen molar-refractivity contribution in [1.82, 2.24) is 10.2 Å². The molecule has 2 atom stereocenters. The minimum Gasteiger partial charge on any atom is -0.444 e. The molecular formula is C29H41N3O5. The first-order chi connectivity index (χ1) is 17.2. The van der Waals surface area contributed by atoms with E-state index in [1.807, 2.05) is 56.3 Å². The lowest BCUT2D eigenvalue weighted by Crippen LogP contribution is -2.59. The number of benzene rings is 2. The van der Waals surface area contributed by atoms with E-state index >= 15 is 0 Å². The van der Waals surface area contributed by atoms with Crippen LogP contribution in [0.2, 0.25) is 0 Å². The first kappa shape index (κ1) is 29.8. The SMILES string of the molecule is CCc1ccc(C(C(=O)Nc2ccccc2C)N(C(=O)C(CO)NC(=O)OC(C)(C)C)C(C)(C)C)cc1. The largest absolute Gasteiger partial charge is 0.444 e. The van der Waals surface area contributed by atoms with Gasteiger partial charge in [-0.15, -0.1) is 0 Å². The molecule has 37 heavy (non-hydrogen) atoms. The number of carbonyl (C=O) groups excluding carboxylic acids is 3. The molecule has 0 spiro atoms. The van der Waals surface area contributed by atoms with Crippen LogP contribution in [0.4, 0.5) is 10.5 Å². The zero-order chi connectivity index (χ0) is 28.0. The predicted molar refractivity (Wildman–Crippen MR) is 145 cm³/mol. The fourth-order valence-electron chi connectivity index (χ4n) is 3.92. The van der Waals surface area contributed by atoms with Gasteiger partial charge in [-0.05, 0) is 77.6 Å². The second kappa shape index (κ2) is 12.2. The molecule has 0 saturated heterocycles. The molecule has 0 fully saturated rings. The molecule has 3 N–H and O–H groups in total. The summed E-state index contributed by atoms with van der Waals surface area (Å²) < 4.78 is 5.28. The number of alkyl carbamates (subject to hydrolysis) is 1. The molecule has 8 heteroatoms. The molecule has 0 aliphatic heterocycles. The maximum atomic E-state index is 13.9. The number of nitrogens with zero attached hydrogens (tertiary/aromatic N) is 1. The Morgan fingerprint density at radius 3 is 2.05 bits per heavy atom. The summed E-state index contributed by atoms with van der Waals surface area (Å²) in [6, 6.07) is 12.6. The zero-order valence-corrected chi connectivity index (χ0v) is 23.2. The monoisotopic (exact) mass is 511 g/mol. The Kier molecular flexibility index (Phi) is 9.87. The Morgan fingerprint density at radius 2 is 1.57 bits per heavy atom. The molecule has 2 rings (SSSR count). The first-order valence-corrected chi connectivity index (χ1v) is 12.6. The second-order valence-electron chi connectivity index (χ2n) is 11.1. The van der Waals surface area contributed by atoms with Gasteiger partial charge >= 0.3 is 6.09 Å². The molecule has 3 amide bonds. The first-order valence-electron chi connectivity index (χ1n) is 12.6. The zero-order valence-electron chi connectivity index (χ0n) is 23.2. The van der Waals surface area contributed by atoms with Crippen LogP contribution in [-0.2, 0) is 20.7 Å². The number of amides is 3. The van der Waals surface area contributed by atoms with Crippen LogP contribution in [0.3, 0.4) is 0 Å². The van der Waals surface area contributed by atoms with Crippen LogP contribution in [-0.4, -0.2) is 51.7 Å².